The molecule has 0 radical (unpaired) electrons. The van der Waals surface area contributed by atoms with E-state index in [0.29, 0.717) is 12.2 Å². The van der Waals surface area contributed by atoms with Crippen molar-refractivity contribution < 1.29 is 9.18 Å². The molecule has 2 N–H and O–H groups in total. The SMILES string of the molecule is CC(C)c1cc(C(=O)NCC2(c3cccc(F)c3)CCCC2)nc(=O)[nH]1. The van der Waals surface area contributed by atoms with Crippen molar-refractivity contribution in [3.05, 3.63) is 63.6 Å². The van der Waals surface area contributed by atoms with Gasteiger partial charge in [-0.25, -0.2) is 9.18 Å². The van der Waals surface area contributed by atoms with Crippen LogP contribution in [-0.4, -0.2) is 22.4 Å². The minimum absolute atomic E-state index is 0.0886. The fraction of sp³-hybridized carbons (Fsp3) is 0.450. The van der Waals surface area contributed by atoms with Crippen LogP contribution in [-0.2, 0) is 5.41 Å². The zero-order chi connectivity index (χ0) is 18.7. The number of H-pyrrole nitrogens is 1. The normalized spacial score (nSPS) is 16.0. The summed E-state index contributed by atoms with van der Waals surface area (Å²) in [5.41, 5.74) is 0.916. The Bertz CT molecular complexity index is 854. The Kier molecular flexibility index (Phi) is 5.20. The van der Waals surface area contributed by atoms with E-state index in [4.69, 9.17) is 0 Å². The first-order chi connectivity index (χ1) is 12.4. The molecule has 0 aliphatic heterocycles. The van der Waals surface area contributed by atoms with Crippen LogP contribution < -0.4 is 11.0 Å². The summed E-state index contributed by atoms with van der Waals surface area (Å²) in [6.07, 6.45) is 3.90. The third-order valence-electron chi connectivity index (χ3n) is 5.21. The van der Waals surface area contributed by atoms with Crippen molar-refractivity contribution in [2.45, 2.75) is 50.9 Å². The quantitative estimate of drug-likeness (QED) is 0.862. The maximum atomic E-state index is 13.7. The number of hydrogen-bond acceptors (Lipinski definition) is 3. The molecule has 0 spiro atoms. The van der Waals surface area contributed by atoms with E-state index in [1.807, 2.05) is 19.9 Å². The second kappa shape index (κ2) is 7.40. The number of aromatic amines is 1. The van der Waals surface area contributed by atoms with Crippen molar-refractivity contribution in [1.29, 1.82) is 0 Å². The van der Waals surface area contributed by atoms with Crippen molar-refractivity contribution in [1.82, 2.24) is 15.3 Å². The fourth-order valence-corrected chi connectivity index (χ4v) is 3.68. The van der Waals surface area contributed by atoms with Crippen LogP contribution in [0.1, 0.15) is 67.2 Å². The summed E-state index contributed by atoms with van der Waals surface area (Å²) in [5, 5.41) is 2.92. The first kappa shape index (κ1) is 18.3. The molecule has 1 saturated carbocycles. The summed E-state index contributed by atoms with van der Waals surface area (Å²) in [4.78, 5) is 30.7. The zero-order valence-electron chi connectivity index (χ0n) is 15.1. The van der Waals surface area contributed by atoms with Crippen molar-refractivity contribution in [3.8, 4) is 0 Å². The van der Waals surface area contributed by atoms with Gasteiger partial charge in [0.1, 0.15) is 11.5 Å². The number of rotatable bonds is 5. The van der Waals surface area contributed by atoms with Crippen molar-refractivity contribution >= 4 is 5.91 Å². The molecule has 0 saturated heterocycles. The second-order valence-electron chi connectivity index (χ2n) is 7.36. The van der Waals surface area contributed by atoms with Gasteiger partial charge in [0.2, 0.25) is 0 Å². The Hall–Kier alpha value is -2.50. The molecule has 1 fully saturated rings. The van der Waals surface area contributed by atoms with Gasteiger partial charge in [-0.1, -0.05) is 38.8 Å². The van der Waals surface area contributed by atoms with Crippen LogP contribution in [0.15, 0.2) is 35.1 Å². The van der Waals surface area contributed by atoms with E-state index < -0.39 is 5.69 Å². The van der Waals surface area contributed by atoms with E-state index >= 15 is 0 Å². The van der Waals surface area contributed by atoms with E-state index in [2.05, 4.69) is 15.3 Å². The summed E-state index contributed by atoms with van der Waals surface area (Å²) in [5.74, 6) is -0.552. The van der Waals surface area contributed by atoms with Crippen LogP contribution in [0.2, 0.25) is 0 Å². The van der Waals surface area contributed by atoms with Crippen LogP contribution in [0.3, 0.4) is 0 Å². The van der Waals surface area contributed by atoms with Crippen molar-refractivity contribution in [2.75, 3.05) is 6.54 Å². The standard InChI is InChI=1S/C20H24FN3O2/c1-13(2)16-11-17(24-19(26)23-16)18(25)22-12-20(8-3-4-9-20)14-6-5-7-15(21)10-14/h5-7,10-11,13H,3-4,8-9,12H2,1-2H3,(H,22,25)(H,23,24,26). The van der Waals surface area contributed by atoms with Crippen LogP contribution in [0.5, 0.6) is 0 Å². The predicted octanol–water partition coefficient (Wildman–Crippen LogP) is 3.27. The highest BCUT2D eigenvalue weighted by Crippen LogP contribution is 2.40. The monoisotopic (exact) mass is 357 g/mol. The molecule has 0 bridgehead atoms. The fourth-order valence-electron chi connectivity index (χ4n) is 3.68. The van der Waals surface area contributed by atoms with Gasteiger partial charge in [0.15, 0.2) is 0 Å². The number of aromatic nitrogens is 2. The lowest BCUT2D eigenvalue weighted by atomic mass is 9.78. The molecule has 6 heteroatoms. The van der Waals surface area contributed by atoms with Crippen molar-refractivity contribution in [3.63, 3.8) is 0 Å². The molecule has 3 rings (SSSR count). The third kappa shape index (κ3) is 3.84. The summed E-state index contributed by atoms with van der Waals surface area (Å²) in [7, 11) is 0. The number of benzene rings is 1. The average molecular weight is 357 g/mol. The van der Waals surface area contributed by atoms with Crippen LogP contribution in [0, 0.1) is 5.82 Å². The van der Waals surface area contributed by atoms with Crippen LogP contribution in [0.25, 0.3) is 0 Å². The first-order valence-electron chi connectivity index (χ1n) is 9.05. The van der Waals surface area contributed by atoms with Crippen LogP contribution in [0.4, 0.5) is 4.39 Å². The average Bonchev–Trinajstić information content (AvgIpc) is 3.09. The van der Waals surface area contributed by atoms with E-state index in [-0.39, 0.29) is 28.8 Å². The van der Waals surface area contributed by atoms with E-state index in [1.165, 1.54) is 6.07 Å². The van der Waals surface area contributed by atoms with Gasteiger partial charge < -0.3 is 10.3 Å². The van der Waals surface area contributed by atoms with E-state index in [1.54, 1.807) is 18.2 Å². The van der Waals surface area contributed by atoms with Gasteiger partial charge in [0.05, 0.1) is 0 Å². The summed E-state index contributed by atoms with van der Waals surface area (Å²) in [6.45, 7) is 4.27. The third-order valence-corrected chi connectivity index (χ3v) is 5.21. The lowest BCUT2D eigenvalue weighted by molar-refractivity contribution is 0.0937. The highest BCUT2D eigenvalue weighted by molar-refractivity contribution is 5.92. The van der Waals surface area contributed by atoms with E-state index in [9.17, 15) is 14.0 Å². The molecule has 1 aliphatic carbocycles. The Labute approximate surface area is 152 Å². The van der Waals surface area contributed by atoms with Crippen molar-refractivity contribution in [2.24, 2.45) is 0 Å². The minimum Gasteiger partial charge on any atom is -0.350 e. The topological polar surface area (TPSA) is 74.8 Å². The lowest BCUT2D eigenvalue weighted by Gasteiger charge is -2.30. The zero-order valence-corrected chi connectivity index (χ0v) is 15.1. The smallest absolute Gasteiger partial charge is 0.345 e. The summed E-state index contributed by atoms with van der Waals surface area (Å²) >= 11 is 0. The number of halogens is 1. The predicted molar refractivity (Wildman–Crippen MR) is 97.8 cm³/mol. The lowest BCUT2D eigenvalue weighted by Crippen LogP contribution is -2.40. The molecule has 26 heavy (non-hydrogen) atoms. The molecule has 1 heterocycles. The molecule has 0 atom stereocenters. The van der Waals surface area contributed by atoms with Gasteiger partial charge in [-0.05, 0) is 42.5 Å². The Morgan fingerprint density at radius 2 is 2.04 bits per heavy atom. The summed E-state index contributed by atoms with van der Waals surface area (Å²) in [6, 6.07) is 8.23. The molecule has 0 unspecified atom stereocenters. The first-order valence-corrected chi connectivity index (χ1v) is 9.05. The highest BCUT2D eigenvalue weighted by Gasteiger charge is 2.36. The number of nitrogens with one attached hydrogen (secondary N) is 2. The molecule has 5 nitrogen and oxygen atoms in total. The molecule has 138 valence electrons. The maximum absolute atomic E-state index is 13.7. The highest BCUT2D eigenvalue weighted by atomic mass is 19.1. The van der Waals surface area contributed by atoms with Gasteiger partial charge >= 0.3 is 5.69 Å². The van der Waals surface area contributed by atoms with E-state index in [0.717, 1.165) is 31.2 Å². The molecule has 1 aromatic carbocycles. The number of nitrogens with zero attached hydrogens (tertiary/aromatic N) is 1. The molecular formula is C20H24FN3O2. The molecule has 1 amide bonds. The second-order valence-corrected chi connectivity index (χ2v) is 7.36. The number of amides is 1. The molecule has 2 aromatic rings. The Morgan fingerprint density at radius 1 is 1.31 bits per heavy atom. The van der Waals surface area contributed by atoms with Gasteiger partial charge in [0, 0.05) is 17.7 Å². The van der Waals surface area contributed by atoms with Crippen LogP contribution >= 0.6 is 0 Å². The van der Waals surface area contributed by atoms with Gasteiger partial charge in [0.25, 0.3) is 5.91 Å². The Balaban J connectivity index is 1.80. The largest absolute Gasteiger partial charge is 0.350 e. The van der Waals surface area contributed by atoms with Gasteiger partial charge in [-0.2, -0.15) is 4.98 Å². The molecular weight excluding hydrogens is 333 g/mol. The maximum Gasteiger partial charge on any atom is 0.345 e. The Morgan fingerprint density at radius 3 is 2.69 bits per heavy atom. The number of carbonyl (C=O) groups excluding carboxylic acids is 1. The number of hydrogen-bond donors (Lipinski definition) is 2. The minimum atomic E-state index is -0.526. The summed E-state index contributed by atoms with van der Waals surface area (Å²) < 4.78 is 13.7. The van der Waals surface area contributed by atoms with Gasteiger partial charge in [-0.15, -0.1) is 0 Å². The molecule has 1 aromatic heterocycles. The number of carbonyl (C=O) groups is 1. The van der Waals surface area contributed by atoms with Gasteiger partial charge in [-0.3, -0.25) is 4.79 Å². The molecule has 1 aliphatic rings.